The second-order valence-electron chi connectivity index (χ2n) is 7.65. The molecule has 0 radical (unpaired) electrons. The summed E-state index contributed by atoms with van der Waals surface area (Å²) in [5.74, 6) is -2.28. The summed E-state index contributed by atoms with van der Waals surface area (Å²) in [5, 5.41) is 6.38. The molecule has 3 aromatic rings. The number of esters is 1. The molecule has 0 aliphatic heterocycles. The highest BCUT2D eigenvalue weighted by molar-refractivity contribution is 6.39. The van der Waals surface area contributed by atoms with Crippen LogP contribution in [0, 0.1) is 27.7 Å². The van der Waals surface area contributed by atoms with Gasteiger partial charge in [0.05, 0.1) is 18.9 Å². The van der Waals surface area contributed by atoms with E-state index in [0.717, 1.165) is 22.6 Å². The molecular weight excluding hydrogens is 420 g/mol. The summed E-state index contributed by atoms with van der Waals surface area (Å²) in [6, 6.07) is 14.2. The fraction of sp³-hybridized carbons (Fsp3) is 0.200. The first-order chi connectivity index (χ1) is 15.7. The third kappa shape index (κ3) is 5.35. The summed E-state index contributed by atoms with van der Waals surface area (Å²) in [7, 11) is 1.28. The predicted molar refractivity (Wildman–Crippen MR) is 127 cm³/mol. The molecule has 0 aliphatic carbocycles. The first-order valence-corrected chi connectivity index (χ1v) is 10.3. The molecule has 8 heteroatoms. The number of nitrogens with one attached hydrogen (secondary N) is 2. The minimum Gasteiger partial charge on any atom is -0.465 e. The summed E-state index contributed by atoms with van der Waals surface area (Å²) >= 11 is 0. The van der Waals surface area contributed by atoms with Crippen LogP contribution in [-0.2, 0) is 14.3 Å². The van der Waals surface area contributed by atoms with Crippen LogP contribution in [0.3, 0.4) is 0 Å². The van der Waals surface area contributed by atoms with Gasteiger partial charge in [0.15, 0.2) is 0 Å². The van der Waals surface area contributed by atoms with E-state index in [0.29, 0.717) is 11.3 Å². The van der Waals surface area contributed by atoms with Crippen LogP contribution in [0.5, 0.6) is 0 Å². The number of aromatic nitrogens is 1. The van der Waals surface area contributed by atoms with Crippen molar-refractivity contribution in [3.05, 3.63) is 82.2 Å². The number of carbonyl (C=O) groups excluding carboxylic acids is 3. The van der Waals surface area contributed by atoms with Gasteiger partial charge in [-0.15, -0.1) is 0 Å². The monoisotopic (exact) mass is 446 g/mol. The minimum absolute atomic E-state index is 0.336. The Morgan fingerprint density at radius 1 is 0.909 bits per heavy atom. The highest BCUT2D eigenvalue weighted by Gasteiger charge is 2.14. The van der Waals surface area contributed by atoms with E-state index in [-0.39, 0.29) is 0 Å². The SMILES string of the molecule is COC(=O)c1ccc(NC(=O)C(=O)N/N=C\c2cc(C)n(-c3ccc(C)c(C)c3)c2C)cc1. The number of hydrogen-bond donors (Lipinski definition) is 2. The van der Waals surface area contributed by atoms with Gasteiger partial charge in [0.2, 0.25) is 0 Å². The highest BCUT2D eigenvalue weighted by Crippen LogP contribution is 2.21. The number of anilines is 1. The fourth-order valence-corrected chi connectivity index (χ4v) is 3.39. The van der Waals surface area contributed by atoms with Gasteiger partial charge in [-0.2, -0.15) is 5.10 Å². The number of amides is 2. The van der Waals surface area contributed by atoms with Crippen LogP contribution in [0.15, 0.2) is 53.6 Å². The van der Waals surface area contributed by atoms with Gasteiger partial charge < -0.3 is 14.6 Å². The van der Waals surface area contributed by atoms with Crippen LogP contribution in [0.1, 0.15) is 38.4 Å². The van der Waals surface area contributed by atoms with Gasteiger partial charge in [0.1, 0.15) is 0 Å². The quantitative estimate of drug-likeness (QED) is 0.271. The minimum atomic E-state index is -0.911. The first-order valence-electron chi connectivity index (χ1n) is 10.3. The van der Waals surface area contributed by atoms with Crippen molar-refractivity contribution < 1.29 is 19.1 Å². The van der Waals surface area contributed by atoms with Crippen molar-refractivity contribution in [3.63, 3.8) is 0 Å². The predicted octanol–water partition coefficient (Wildman–Crippen LogP) is 3.59. The molecule has 8 nitrogen and oxygen atoms in total. The maximum Gasteiger partial charge on any atom is 0.337 e. The molecule has 2 amide bonds. The Labute approximate surface area is 192 Å². The zero-order valence-corrected chi connectivity index (χ0v) is 19.2. The zero-order chi connectivity index (χ0) is 24.1. The molecule has 0 atom stereocenters. The molecule has 170 valence electrons. The number of benzene rings is 2. The van der Waals surface area contributed by atoms with Crippen LogP contribution < -0.4 is 10.7 Å². The number of carbonyl (C=O) groups is 3. The molecule has 2 N–H and O–H groups in total. The lowest BCUT2D eigenvalue weighted by molar-refractivity contribution is -0.136. The summed E-state index contributed by atoms with van der Waals surface area (Å²) in [6.45, 7) is 8.11. The summed E-state index contributed by atoms with van der Waals surface area (Å²) < 4.78 is 6.73. The number of nitrogens with zero attached hydrogens (tertiary/aromatic N) is 2. The molecular formula is C25H26N4O4. The molecule has 0 aliphatic rings. The van der Waals surface area contributed by atoms with Gasteiger partial charge >= 0.3 is 17.8 Å². The van der Waals surface area contributed by atoms with Gasteiger partial charge in [0, 0.05) is 28.3 Å². The van der Waals surface area contributed by atoms with Crippen molar-refractivity contribution in [1.82, 2.24) is 9.99 Å². The van der Waals surface area contributed by atoms with Crippen molar-refractivity contribution in [1.29, 1.82) is 0 Å². The summed E-state index contributed by atoms with van der Waals surface area (Å²) in [6.07, 6.45) is 1.51. The zero-order valence-electron chi connectivity index (χ0n) is 19.2. The maximum absolute atomic E-state index is 12.1. The topological polar surface area (TPSA) is 102 Å². The van der Waals surface area contributed by atoms with E-state index in [9.17, 15) is 14.4 Å². The fourth-order valence-electron chi connectivity index (χ4n) is 3.39. The number of hydrazone groups is 1. The molecule has 0 bridgehead atoms. The van der Waals surface area contributed by atoms with Crippen LogP contribution in [-0.4, -0.2) is 35.7 Å². The van der Waals surface area contributed by atoms with Gasteiger partial charge in [0.25, 0.3) is 0 Å². The Morgan fingerprint density at radius 2 is 1.61 bits per heavy atom. The summed E-state index contributed by atoms with van der Waals surface area (Å²) in [4.78, 5) is 35.7. The van der Waals surface area contributed by atoms with E-state index in [1.807, 2.05) is 19.9 Å². The van der Waals surface area contributed by atoms with E-state index < -0.39 is 17.8 Å². The third-order valence-electron chi connectivity index (χ3n) is 5.36. The number of rotatable bonds is 5. The van der Waals surface area contributed by atoms with E-state index in [4.69, 9.17) is 0 Å². The second kappa shape index (κ2) is 9.95. The Hall–Kier alpha value is -4.20. The van der Waals surface area contributed by atoms with Crippen molar-refractivity contribution in [2.45, 2.75) is 27.7 Å². The van der Waals surface area contributed by atoms with Gasteiger partial charge in [-0.25, -0.2) is 10.2 Å². The smallest absolute Gasteiger partial charge is 0.337 e. The number of hydrogen-bond acceptors (Lipinski definition) is 5. The van der Waals surface area contributed by atoms with Crippen LogP contribution in [0.25, 0.3) is 5.69 Å². The molecule has 1 aromatic heterocycles. The molecule has 0 saturated heterocycles. The van der Waals surface area contributed by atoms with Gasteiger partial charge in [-0.1, -0.05) is 6.07 Å². The van der Waals surface area contributed by atoms with Crippen LogP contribution in [0.2, 0.25) is 0 Å². The van der Waals surface area contributed by atoms with E-state index >= 15 is 0 Å². The van der Waals surface area contributed by atoms with Crippen molar-refractivity contribution >= 4 is 29.7 Å². The standard InChI is InChI=1S/C25H26N4O4/c1-15-6-11-22(12-16(15)2)29-17(3)13-20(18(29)4)14-26-28-24(31)23(30)27-21-9-7-19(8-10-21)25(32)33-5/h6-14H,1-5H3,(H,27,30)(H,28,31)/b26-14-. The summed E-state index contributed by atoms with van der Waals surface area (Å²) in [5.41, 5.74) is 9.23. The van der Waals surface area contributed by atoms with Crippen LogP contribution in [0.4, 0.5) is 5.69 Å². The lowest BCUT2D eigenvalue weighted by Crippen LogP contribution is -2.32. The third-order valence-corrected chi connectivity index (χ3v) is 5.36. The number of ether oxygens (including phenoxy) is 1. The molecule has 0 unspecified atom stereocenters. The first kappa shape index (κ1) is 23.5. The normalized spacial score (nSPS) is 10.8. The van der Waals surface area contributed by atoms with E-state index in [2.05, 4.69) is 57.2 Å². The van der Waals surface area contributed by atoms with E-state index in [1.165, 1.54) is 48.7 Å². The maximum atomic E-state index is 12.1. The lowest BCUT2D eigenvalue weighted by atomic mass is 10.1. The van der Waals surface area contributed by atoms with Crippen molar-refractivity contribution in [2.75, 3.05) is 12.4 Å². The Balaban J connectivity index is 1.65. The average molecular weight is 447 g/mol. The molecule has 0 fully saturated rings. The molecule has 33 heavy (non-hydrogen) atoms. The lowest BCUT2D eigenvalue weighted by Gasteiger charge is -2.11. The van der Waals surface area contributed by atoms with Crippen LogP contribution >= 0.6 is 0 Å². The van der Waals surface area contributed by atoms with Crippen molar-refractivity contribution in [3.8, 4) is 5.69 Å². The molecule has 3 rings (SSSR count). The largest absolute Gasteiger partial charge is 0.465 e. The number of methoxy groups -OCH3 is 1. The van der Waals surface area contributed by atoms with Gasteiger partial charge in [-0.05, 0) is 81.3 Å². The Kier molecular flexibility index (Phi) is 7.07. The molecule has 0 spiro atoms. The van der Waals surface area contributed by atoms with E-state index in [1.54, 1.807) is 0 Å². The van der Waals surface area contributed by atoms with Crippen molar-refractivity contribution in [2.24, 2.45) is 5.10 Å². The number of aryl methyl sites for hydroxylation is 3. The Bertz CT molecular complexity index is 1240. The average Bonchev–Trinajstić information content (AvgIpc) is 3.08. The molecule has 2 aromatic carbocycles. The molecule has 1 heterocycles. The second-order valence-corrected chi connectivity index (χ2v) is 7.65. The highest BCUT2D eigenvalue weighted by atomic mass is 16.5. The Morgan fingerprint density at radius 3 is 2.24 bits per heavy atom. The molecule has 0 saturated carbocycles. The van der Waals surface area contributed by atoms with Gasteiger partial charge in [-0.3, -0.25) is 9.59 Å².